The highest BCUT2D eigenvalue weighted by atomic mass is 32.2. The van der Waals surface area contributed by atoms with Crippen molar-refractivity contribution in [3.8, 4) is 0 Å². The summed E-state index contributed by atoms with van der Waals surface area (Å²) in [6, 6.07) is 13.9. The number of benzene rings is 2. The molecule has 2 aromatic carbocycles. The van der Waals surface area contributed by atoms with E-state index < -0.39 is 10.0 Å². The fraction of sp³-hybridized carbons (Fsp3) is 0.200. The molecule has 0 amide bonds. The van der Waals surface area contributed by atoms with Gasteiger partial charge < -0.3 is 10.6 Å². The first-order valence-electron chi connectivity index (χ1n) is 6.52. The Labute approximate surface area is 125 Å². The maximum atomic E-state index is 12.4. The number of anilines is 2. The van der Waals surface area contributed by atoms with Gasteiger partial charge in [0.05, 0.1) is 4.90 Å². The number of nitrogens with one attached hydrogen (secondary N) is 1. The lowest BCUT2D eigenvalue weighted by Crippen LogP contribution is -2.16. The fourth-order valence-corrected chi connectivity index (χ4v) is 3.28. The minimum absolute atomic E-state index is 0.177. The Hall–Kier alpha value is -2.05. The molecule has 0 radical (unpaired) electrons. The summed E-state index contributed by atoms with van der Waals surface area (Å²) in [5.41, 5.74) is 7.71. The topological polar surface area (TPSA) is 75.4 Å². The average Bonchev–Trinajstić information content (AvgIpc) is 2.47. The second kappa shape index (κ2) is 6.15. The maximum absolute atomic E-state index is 12.4. The third-order valence-corrected chi connectivity index (χ3v) is 4.60. The lowest BCUT2D eigenvalue weighted by Gasteiger charge is -2.14. The SMILES string of the molecule is CN(C)c1ccc(NS(=O)(=O)c2ccccc2CN)cc1. The van der Waals surface area contributed by atoms with Crippen LogP contribution in [0.1, 0.15) is 5.56 Å². The number of rotatable bonds is 5. The van der Waals surface area contributed by atoms with Crippen LogP contribution in [-0.2, 0) is 16.6 Å². The second-order valence-electron chi connectivity index (χ2n) is 4.86. The molecule has 112 valence electrons. The molecule has 0 bridgehead atoms. The molecule has 0 aliphatic rings. The second-order valence-corrected chi connectivity index (χ2v) is 6.51. The third-order valence-electron chi connectivity index (χ3n) is 3.12. The summed E-state index contributed by atoms with van der Waals surface area (Å²) in [4.78, 5) is 2.16. The number of hydrogen-bond donors (Lipinski definition) is 2. The van der Waals surface area contributed by atoms with E-state index in [0.29, 0.717) is 11.3 Å². The van der Waals surface area contributed by atoms with Gasteiger partial charge in [-0.25, -0.2) is 8.42 Å². The van der Waals surface area contributed by atoms with Gasteiger partial charge in [-0.3, -0.25) is 4.72 Å². The molecule has 0 saturated heterocycles. The van der Waals surface area contributed by atoms with E-state index >= 15 is 0 Å². The summed E-state index contributed by atoms with van der Waals surface area (Å²) in [5, 5.41) is 0. The summed E-state index contributed by atoms with van der Waals surface area (Å²) in [7, 11) is 0.222. The van der Waals surface area contributed by atoms with E-state index in [2.05, 4.69) is 4.72 Å². The van der Waals surface area contributed by atoms with E-state index in [4.69, 9.17) is 5.73 Å². The summed E-state index contributed by atoms with van der Waals surface area (Å²) >= 11 is 0. The van der Waals surface area contributed by atoms with E-state index in [-0.39, 0.29) is 11.4 Å². The largest absolute Gasteiger partial charge is 0.378 e. The molecule has 3 N–H and O–H groups in total. The lowest BCUT2D eigenvalue weighted by molar-refractivity contribution is 0.600. The minimum Gasteiger partial charge on any atom is -0.378 e. The van der Waals surface area contributed by atoms with Gasteiger partial charge >= 0.3 is 0 Å². The van der Waals surface area contributed by atoms with E-state index in [1.54, 1.807) is 36.4 Å². The molecule has 5 nitrogen and oxygen atoms in total. The monoisotopic (exact) mass is 305 g/mol. The van der Waals surface area contributed by atoms with E-state index in [0.717, 1.165) is 5.69 Å². The molecular formula is C15H19N3O2S. The van der Waals surface area contributed by atoms with Crippen LogP contribution >= 0.6 is 0 Å². The highest BCUT2D eigenvalue weighted by Gasteiger charge is 2.17. The van der Waals surface area contributed by atoms with Gasteiger partial charge in [0, 0.05) is 32.0 Å². The van der Waals surface area contributed by atoms with Crippen LogP contribution < -0.4 is 15.4 Å². The van der Waals surface area contributed by atoms with E-state index in [1.165, 1.54) is 0 Å². The van der Waals surface area contributed by atoms with Crippen LogP contribution in [-0.4, -0.2) is 22.5 Å². The molecule has 0 aromatic heterocycles. The maximum Gasteiger partial charge on any atom is 0.262 e. The van der Waals surface area contributed by atoms with Crippen molar-refractivity contribution in [3.05, 3.63) is 54.1 Å². The zero-order chi connectivity index (χ0) is 15.5. The molecule has 0 fully saturated rings. The van der Waals surface area contributed by atoms with Gasteiger partial charge in [-0.2, -0.15) is 0 Å². The quantitative estimate of drug-likeness (QED) is 0.886. The van der Waals surface area contributed by atoms with Crippen LogP contribution in [0.25, 0.3) is 0 Å². The van der Waals surface area contributed by atoms with Gasteiger partial charge in [-0.15, -0.1) is 0 Å². The normalized spacial score (nSPS) is 11.2. The number of nitrogens with zero attached hydrogens (tertiary/aromatic N) is 1. The Balaban J connectivity index is 2.29. The van der Waals surface area contributed by atoms with Crippen molar-refractivity contribution in [2.45, 2.75) is 11.4 Å². The first-order chi connectivity index (χ1) is 9.94. The van der Waals surface area contributed by atoms with Crippen LogP contribution in [0.4, 0.5) is 11.4 Å². The molecular weight excluding hydrogens is 286 g/mol. The first kappa shape index (κ1) is 15.3. The Morgan fingerprint density at radius 1 is 1.05 bits per heavy atom. The Bertz CT molecular complexity index is 710. The summed E-state index contributed by atoms with van der Waals surface area (Å²) in [6.45, 7) is 0.177. The number of nitrogens with two attached hydrogens (primary N) is 1. The molecule has 2 rings (SSSR count). The molecule has 0 unspecified atom stereocenters. The van der Waals surface area contributed by atoms with Crippen LogP contribution in [0, 0.1) is 0 Å². The predicted octanol–water partition coefficient (Wildman–Crippen LogP) is 2.01. The molecule has 0 aliphatic carbocycles. The van der Waals surface area contributed by atoms with E-state index in [1.807, 2.05) is 31.1 Å². The van der Waals surface area contributed by atoms with Gasteiger partial charge in [0.1, 0.15) is 0 Å². The fourth-order valence-electron chi connectivity index (χ4n) is 1.97. The lowest BCUT2D eigenvalue weighted by atomic mass is 10.2. The molecule has 0 heterocycles. The third kappa shape index (κ3) is 3.53. The molecule has 0 aliphatic heterocycles. The average molecular weight is 305 g/mol. The van der Waals surface area contributed by atoms with Gasteiger partial charge in [0.15, 0.2) is 0 Å². The standard InChI is InChI=1S/C15H19N3O2S/c1-18(2)14-9-7-13(8-10-14)17-21(19,20)15-6-4-3-5-12(15)11-16/h3-10,17H,11,16H2,1-2H3. The zero-order valence-electron chi connectivity index (χ0n) is 12.1. The number of hydrogen-bond acceptors (Lipinski definition) is 4. The van der Waals surface area contributed by atoms with Crippen molar-refractivity contribution in [1.29, 1.82) is 0 Å². The van der Waals surface area contributed by atoms with Crippen LogP contribution in [0.15, 0.2) is 53.4 Å². The molecule has 0 saturated carbocycles. The van der Waals surface area contributed by atoms with E-state index in [9.17, 15) is 8.42 Å². The first-order valence-corrected chi connectivity index (χ1v) is 8.00. The van der Waals surface area contributed by atoms with Gasteiger partial charge in [0.2, 0.25) is 0 Å². The smallest absolute Gasteiger partial charge is 0.262 e. The van der Waals surface area contributed by atoms with Crippen molar-refractivity contribution in [2.24, 2.45) is 5.73 Å². The Morgan fingerprint density at radius 3 is 2.24 bits per heavy atom. The van der Waals surface area contributed by atoms with Crippen molar-refractivity contribution in [2.75, 3.05) is 23.7 Å². The summed E-state index contributed by atoms with van der Waals surface area (Å²) in [5.74, 6) is 0. The predicted molar refractivity (Wildman–Crippen MR) is 85.9 cm³/mol. The van der Waals surface area contributed by atoms with Crippen LogP contribution in [0.5, 0.6) is 0 Å². The molecule has 6 heteroatoms. The van der Waals surface area contributed by atoms with Gasteiger partial charge in [-0.05, 0) is 35.9 Å². The zero-order valence-corrected chi connectivity index (χ0v) is 12.9. The van der Waals surface area contributed by atoms with Crippen LogP contribution in [0.2, 0.25) is 0 Å². The molecule has 0 spiro atoms. The summed E-state index contributed by atoms with van der Waals surface area (Å²) < 4.78 is 27.4. The van der Waals surface area contributed by atoms with Crippen molar-refractivity contribution < 1.29 is 8.42 Å². The van der Waals surface area contributed by atoms with Crippen LogP contribution in [0.3, 0.4) is 0 Å². The van der Waals surface area contributed by atoms with Gasteiger partial charge in [0.25, 0.3) is 10.0 Å². The number of sulfonamides is 1. The Kier molecular flexibility index (Phi) is 4.50. The summed E-state index contributed by atoms with van der Waals surface area (Å²) in [6.07, 6.45) is 0. The van der Waals surface area contributed by atoms with Crippen molar-refractivity contribution in [3.63, 3.8) is 0 Å². The molecule has 0 atom stereocenters. The minimum atomic E-state index is -3.63. The highest BCUT2D eigenvalue weighted by Crippen LogP contribution is 2.21. The van der Waals surface area contributed by atoms with Crippen molar-refractivity contribution in [1.82, 2.24) is 0 Å². The van der Waals surface area contributed by atoms with Crippen molar-refractivity contribution >= 4 is 21.4 Å². The highest BCUT2D eigenvalue weighted by molar-refractivity contribution is 7.92. The molecule has 21 heavy (non-hydrogen) atoms. The van der Waals surface area contributed by atoms with Gasteiger partial charge in [-0.1, -0.05) is 18.2 Å². The molecule has 2 aromatic rings. The Morgan fingerprint density at radius 2 is 1.67 bits per heavy atom.